The molecule has 5 rings (SSSR count). The number of hydrogen-bond acceptors (Lipinski definition) is 2. The van der Waals surface area contributed by atoms with Crippen LogP contribution in [0.25, 0.3) is 11.0 Å². The Balaban J connectivity index is 1.52. The number of amides is 1. The Bertz CT molecular complexity index is 1260. The molecule has 0 spiro atoms. The van der Waals surface area contributed by atoms with E-state index in [4.69, 9.17) is 4.98 Å². The first-order chi connectivity index (χ1) is 15.6. The number of aryl methyl sites for hydroxylation is 1. The molecule has 4 aromatic rings. The van der Waals surface area contributed by atoms with Crippen molar-refractivity contribution >= 4 is 32.9 Å². The van der Waals surface area contributed by atoms with E-state index in [1.165, 1.54) is 12.8 Å². The van der Waals surface area contributed by atoms with Gasteiger partial charge in [-0.25, -0.2) is 4.98 Å². The van der Waals surface area contributed by atoms with Gasteiger partial charge in [-0.1, -0.05) is 64.5 Å². The van der Waals surface area contributed by atoms with Gasteiger partial charge in [-0.05, 0) is 61.1 Å². The maximum atomic E-state index is 13.6. The maximum Gasteiger partial charge on any atom is 0.254 e. The summed E-state index contributed by atoms with van der Waals surface area (Å²) in [5, 5.41) is 0. The minimum atomic E-state index is 0.0135. The summed E-state index contributed by atoms with van der Waals surface area (Å²) in [7, 11) is 0. The number of para-hydroxylation sites is 2. The highest BCUT2D eigenvalue weighted by Crippen LogP contribution is 2.33. The van der Waals surface area contributed by atoms with Gasteiger partial charge in [0.15, 0.2) is 0 Å². The fraction of sp³-hybridized carbons (Fsp3) is 0.259. The number of fused-ring (bicyclic) bond motifs is 1. The summed E-state index contributed by atoms with van der Waals surface area (Å²) in [4.78, 5) is 20.5. The molecule has 4 nitrogen and oxygen atoms in total. The van der Waals surface area contributed by atoms with Gasteiger partial charge in [-0.15, -0.1) is 0 Å². The molecule has 1 aliphatic rings. The average Bonchev–Trinajstić information content (AvgIpc) is 3.57. The second kappa shape index (κ2) is 8.91. The van der Waals surface area contributed by atoms with Crippen LogP contribution in [0.1, 0.15) is 40.2 Å². The lowest BCUT2D eigenvalue weighted by Crippen LogP contribution is -2.31. The van der Waals surface area contributed by atoms with Gasteiger partial charge in [-0.3, -0.25) is 4.79 Å². The zero-order valence-corrected chi connectivity index (χ0v) is 19.8. The van der Waals surface area contributed by atoms with Crippen molar-refractivity contribution in [2.45, 2.75) is 39.4 Å². The molecular formula is C27H26BrN3O. The van der Waals surface area contributed by atoms with E-state index in [2.05, 4.69) is 50.8 Å². The Kier molecular flexibility index (Phi) is 5.83. The molecule has 1 fully saturated rings. The topological polar surface area (TPSA) is 38.1 Å². The van der Waals surface area contributed by atoms with Crippen molar-refractivity contribution in [3.63, 3.8) is 0 Å². The lowest BCUT2D eigenvalue weighted by molar-refractivity contribution is 0.0723. The minimum Gasteiger partial charge on any atom is -0.327 e. The van der Waals surface area contributed by atoms with E-state index in [9.17, 15) is 4.79 Å². The Morgan fingerprint density at radius 3 is 2.53 bits per heavy atom. The lowest BCUT2D eigenvalue weighted by Gasteiger charge is -2.24. The molecule has 5 heteroatoms. The van der Waals surface area contributed by atoms with Crippen LogP contribution in [-0.2, 0) is 19.6 Å². The summed E-state index contributed by atoms with van der Waals surface area (Å²) < 4.78 is 3.27. The minimum absolute atomic E-state index is 0.0135. The fourth-order valence-electron chi connectivity index (χ4n) is 4.09. The number of benzene rings is 3. The standard InChI is InChI=1S/C27H26BrN3O/c1-19-11-14-22(15-23(19)28)27(32)30(16-20-7-3-2-4-8-20)18-26-29-24-9-5-6-10-25(24)31(26)17-21-12-13-21/h2-11,14-15,21H,12-13,16-18H2,1H3. The van der Waals surface area contributed by atoms with Crippen LogP contribution in [0.3, 0.4) is 0 Å². The van der Waals surface area contributed by atoms with E-state index in [0.717, 1.165) is 44.9 Å². The van der Waals surface area contributed by atoms with E-state index < -0.39 is 0 Å². The van der Waals surface area contributed by atoms with Gasteiger partial charge < -0.3 is 9.47 Å². The first-order valence-corrected chi connectivity index (χ1v) is 11.9. The van der Waals surface area contributed by atoms with Gasteiger partial charge in [-0.2, -0.15) is 0 Å². The Labute approximate surface area is 197 Å². The molecule has 1 aliphatic carbocycles. The molecule has 1 saturated carbocycles. The molecule has 3 aromatic carbocycles. The normalized spacial score (nSPS) is 13.4. The number of rotatable bonds is 7. The highest BCUT2D eigenvalue weighted by molar-refractivity contribution is 9.10. The van der Waals surface area contributed by atoms with Crippen molar-refractivity contribution in [2.24, 2.45) is 5.92 Å². The molecule has 0 aliphatic heterocycles. The predicted octanol–water partition coefficient (Wildman–Crippen LogP) is 6.36. The number of nitrogens with zero attached hydrogens (tertiary/aromatic N) is 3. The second-order valence-electron chi connectivity index (χ2n) is 8.68. The van der Waals surface area contributed by atoms with Crippen LogP contribution in [0, 0.1) is 12.8 Å². The summed E-state index contributed by atoms with van der Waals surface area (Å²) in [6.45, 7) is 4.01. The summed E-state index contributed by atoms with van der Waals surface area (Å²) in [5.41, 5.74) is 5.05. The van der Waals surface area contributed by atoms with Crippen LogP contribution in [0.2, 0.25) is 0 Å². The van der Waals surface area contributed by atoms with Gasteiger partial charge >= 0.3 is 0 Å². The first kappa shape index (κ1) is 21.0. The van der Waals surface area contributed by atoms with Gasteiger partial charge in [0.2, 0.25) is 0 Å². The molecular weight excluding hydrogens is 462 g/mol. The maximum absolute atomic E-state index is 13.6. The summed E-state index contributed by atoms with van der Waals surface area (Å²) in [6.07, 6.45) is 2.55. The predicted molar refractivity (Wildman–Crippen MR) is 131 cm³/mol. The average molecular weight is 488 g/mol. The van der Waals surface area contributed by atoms with Gasteiger partial charge in [0.1, 0.15) is 5.82 Å². The second-order valence-corrected chi connectivity index (χ2v) is 9.54. The molecule has 0 radical (unpaired) electrons. The molecule has 0 unspecified atom stereocenters. The highest BCUT2D eigenvalue weighted by Gasteiger charge is 2.26. The van der Waals surface area contributed by atoms with E-state index in [0.29, 0.717) is 18.7 Å². The molecule has 0 bridgehead atoms. The third-order valence-electron chi connectivity index (χ3n) is 6.13. The highest BCUT2D eigenvalue weighted by atomic mass is 79.9. The van der Waals surface area contributed by atoms with E-state index in [1.807, 2.05) is 54.3 Å². The Hall–Kier alpha value is -2.92. The number of halogens is 1. The molecule has 1 aromatic heterocycles. The third kappa shape index (κ3) is 4.49. The molecule has 0 saturated heterocycles. The van der Waals surface area contributed by atoms with Crippen LogP contribution in [0.15, 0.2) is 77.3 Å². The van der Waals surface area contributed by atoms with E-state index >= 15 is 0 Å². The van der Waals surface area contributed by atoms with Crippen molar-refractivity contribution in [3.8, 4) is 0 Å². The monoisotopic (exact) mass is 487 g/mol. The van der Waals surface area contributed by atoms with Crippen LogP contribution in [-0.4, -0.2) is 20.4 Å². The van der Waals surface area contributed by atoms with Crippen molar-refractivity contribution in [1.82, 2.24) is 14.5 Å². The molecule has 0 atom stereocenters. The summed E-state index contributed by atoms with van der Waals surface area (Å²) in [5.74, 6) is 1.69. The van der Waals surface area contributed by atoms with Crippen LogP contribution < -0.4 is 0 Å². The molecule has 1 heterocycles. The van der Waals surface area contributed by atoms with Crippen molar-refractivity contribution in [2.75, 3.05) is 0 Å². The summed E-state index contributed by atoms with van der Waals surface area (Å²) in [6, 6.07) is 24.3. The van der Waals surface area contributed by atoms with E-state index in [-0.39, 0.29) is 5.91 Å². The zero-order chi connectivity index (χ0) is 22.1. The van der Waals surface area contributed by atoms with Crippen LogP contribution in [0.5, 0.6) is 0 Å². The number of carbonyl (C=O) groups is 1. The fourth-order valence-corrected chi connectivity index (χ4v) is 4.47. The van der Waals surface area contributed by atoms with Crippen molar-refractivity contribution < 1.29 is 4.79 Å². The Morgan fingerprint density at radius 1 is 1.03 bits per heavy atom. The third-order valence-corrected chi connectivity index (χ3v) is 6.98. The largest absolute Gasteiger partial charge is 0.327 e. The zero-order valence-electron chi connectivity index (χ0n) is 18.2. The number of aromatic nitrogens is 2. The molecule has 32 heavy (non-hydrogen) atoms. The van der Waals surface area contributed by atoms with Crippen molar-refractivity contribution in [3.05, 3.63) is 99.8 Å². The van der Waals surface area contributed by atoms with Crippen LogP contribution >= 0.6 is 15.9 Å². The van der Waals surface area contributed by atoms with Gasteiger partial charge in [0, 0.05) is 23.1 Å². The van der Waals surface area contributed by atoms with Gasteiger partial charge in [0.05, 0.1) is 17.6 Å². The first-order valence-electron chi connectivity index (χ1n) is 11.1. The van der Waals surface area contributed by atoms with Crippen LogP contribution in [0.4, 0.5) is 0 Å². The summed E-state index contributed by atoms with van der Waals surface area (Å²) >= 11 is 3.58. The lowest BCUT2D eigenvalue weighted by atomic mass is 10.1. The van der Waals surface area contributed by atoms with Gasteiger partial charge in [0.25, 0.3) is 5.91 Å². The number of hydrogen-bond donors (Lipinski definition) is 0. The number of carbonyl (C=O) groups excluding carboxylic acids is 1. The molecule has 1 amide bonds. The van der Waals surface area contributed by atoms with E-state index in [1.54, 1.807) is 0 Å². The number of imidazole rings is 1. The van der Waals surface area contributed by atoms with Crippen molar-refractivity contribution in [1.29, 1.82) is 0 Å². The Morgan fingerprint density at radius 2 is 1.78 bits per heavy atom. The smallest absolute Gasteiger partial charge is 0.254 e. The molecule has 162 valence electrons. The quantitative estimate of drug-likeness (QED) is 0.304. The molecule has 0 N–H and O–H groups in total. The SMILES string of the molecule is Cc1ccc(C(=O)N(Cc2ccccc2)Cc2nc3ccccc3n2CC2CC2)cc1Br.